The number of benzene rings is 1. The van der Waals surface area contributed by atoms with Crippen LogP contribution in [0, 0.1) is 6.92 Å². The largest absolute Gasteiger partial charge is 0.491 e. The number of hydrogen-bond donors (Lipinski definition) is 1. The van der Waals surface area contributed by atoms with Crippen LogP contribution in [0.1, 0.15) is 18.1 Å². The van der Waals surface area contributed by atoms with E-state index in [0.717, 1.165) is 16.9 Å². The third-order valence-corrected chi connectivity index (χ3v) is 4.29. The Kier molecular flexibility index (Phi) is 4.29. The number of hydrogen-bond acceptors (Lipinski definition) is 3. The van der Waals surface area contributed by atoms with Gasteiger partial charge >= 0.3 is 6.03 Å². The van der Waals surface area contributed by atoms with Gasteiger partial charge in [-0.3, -0.25) is 4.79 Å². The van der Waals surface area contributed by atoms with Crippen LogP contribution < -0.4 is 15.6 Å². The smallest absolute Gasteiger partial charge is 0.322 e. The first-order chi connectivity index (χ1) is 11.5. The standard InChI is InChI=1S/C18H21N3O3/c1-12-8-9-20(3)17(22)16(12)19-18(23)21-10-14-6-4-5-7-15(14)24-11-13(21)2/h4-9,13H,10-11H2,1-3H3,(H,19,23)/t13-/m0/s1. The second kappa shape index (κ2) is 6.39. The van der Waals surface area contributed by atoms with Gasteiger partial charge in [0.25, 0.3) is 5.56 Å². The number of amides is 2. The summed E-state index contributed by atoms with van der Waals surface area (Å²) in [6.45, 7) is 4.59. The molecule has 2 heterocycles. The minimum atomic E-state index is -0.297. The van der Waals surface area contributed by atoms with Crippen molar-refractivity contribution >= 4 is 11.7 Å². The molecule has 0 saturated carbocycles. The molecular weight excluding hydrogens is 306 g/mol. The fourth-order valence-electron chi connectivity index (χ4n) is 2.74. The second-order valence-corrected chi connectivity index (χ2v) is 6.12. The molecule has 1 atom stereocenters. The van der Waals surface area contributed by atoms with Gasteiger partial charge in [0, 0.05) is 18.8 Å². The van der Waals surface area contributed by atoms with Crippen molar-refractivity contribution in [3.8, 4) is 5.75 Å². The Bertz CT molecular complexity index is 828. The van der Waals surface area contributed by atoms with Crippen molar-refractivity contribution in [3.05, 3.63) is 58.0 Å². The Hall–Kier alpha value is -2.76. The maximum Gasteiger partial charge on any atom is 0.322 e. The number of aromatic nitrogens is 1. The van der Waals surface area contributed by atoms with Gasteiger partial charge < -0.3 is 19.5 Å². The van der Waals surface area contributed by atoms with E-state index < -0.39 is 0 Å². The average molecular weight is 327 g/mol. The number of nitrogens with one attached hydrogen (secondary N) is 1. The number of pyridine rings is 1. The van der Waals surface area contributed by atoms with Gasteiger partial charge in [-0.15, -0.1) is 0 Å². The van der Waals surface area contributed by atoms with Crippen LogP contribution in [0.5, 0.6) is 5.75 Å². The second-order valence-electron chi connectivity index (χ2n) is 6.12. The van der Waals surface area contributed by atoms with Crippen molar-refractivity contribution in [1.82, 2.24) is 9.47 Å². The summed E-state index contributed by atoms with van der Waals surface area (Å²) < 4.78 is 7.22. The van der Waals surface area contributed by atoms with Crippen molar-refractivity contribution in [2.75, 3.05) is 11.9 Å². The third-order valence-electron chi connectivity index (χ3n) is 4.29. The van der Waals surface area contributed by atoms with E-state index >= 15 is 0 Å². The van der Waals surface area contributed by atoms with Crippen molar-refractivity contribution in [2.24, 2.45) is 7.05 Å². The number of anilines is 1. The molecule has 2 amide bonds. The molecule has 0 radical (unpaired) electrons. The first-order valence-electron chi connectivity index (χ1n) is 7.92. The van der Waals surface area contributed by atoms with Crippen LogP contribution in [0.3, 0.4) is 0 Å². The first kappa shape index (κ1) is 16.1. The van der Waals surface area contributed by atoms with Gasteiger partial charge in [0.05, 0.1) is 12.6 Å². The molecule has 1 aliphatic heterocycles. The van der Waals surface area contributed by atoms with E-state index in [1.807, 2.05) is 31.2 Å². The van der Waals surface area contributed by atoms with Crippen molar-refractivity contribution in [1.29, 1.82) is 0 Å². The summed E-state index contributed by atoms with van der Waals surface area (Å²) in [5.41, 5.74) is 1.79. The van der Waals surface area contributed by atoms with Crippen molar-refractivity contribution in [3.63, 3.8) is 0 Å². The fourth-order valence-corrected chi connectivity index (χ4v) is 2.74. The van der Waals surface area contributed by atoms with Crippen LogP contribution in [-0.4, -0.2) is 28.1 Å². The molecule has 126 valence electrons. The molecule has 24 heavy (non-hydrogen) atoms. The van der Waals surface area contributed by atoms with Crippen LogP contribution in [0.15, 0.2) is 41.3 Å². The van der Waals surface area contributed by atoms with Gasteiger partial charge in [-0.25, -0.2) is 4.79 Å². The Morgan fingerprint density at radius 2 is 2.04 bits per heavy atom. The summed E-state index contributed by atoms with van der Waals surface area (Å²) >= 11 is 0. The van der Waals surface area contributed by atoms with E-state index in [9.17, 15) is 9.59 Å². The quantitative estimate of drug-likeness (QED) is 0.875. The average Bonchev–Trinajstić information content (AvgIpc) is 2.74. The molecule has 1 N–H and O–H groups in total. The molecule has 0 bridgehead atoms. The van der Waals surface area contributed by atoms with Crippen LogP contribution in [0.25, 0.3) is 0 Å². The minimum Gasteiger partial charge on any atom is -0.491 e. The summed E-state index contributed by atoms with van der Waals surface area (Å²) in [4.78, 5) is 26.7. The molecule has 1 aromatic heterocycles. The molecule has 0 spiro atoms. The summed E-state index contributed by atoms with van der Waals surface area (Å²) in [7, 11) is 1.66. The van der Waals surface area contributed by atoms with Crippen LogP contribution >= 0.6 is 0 Å². The van der Waals surface area contributed by atoms with E-state index in [-0.39, 0.29) is 17.6 Å². The normalized spacial score (nSPS) is 16.8. The van der Waals surface area contributed by atoms with Crippen LogP contribution in [0.4, 0.5) is 10.5 Å². The zero-order valence-corrected chi connectivity index (χ0v) is 14.1. The van der Waals surface area contributed by atoms with Crippen LogP contribution in [-0.2, 0) is 13.6 Å². The number of nitrogens with zero attached hydrogens (tertiary/aromatic N) is 2. The maximum atomic E-state index is 12.8. The molecule has 1 aliphatic rings. The summed E-state index contributed by atoms with van der Waals surface area (Å²) in [6.07, 6.45) is 1.69. The Morgan fingerprint density at radius 1 is 1.29 bits per heavy atom. The van der Waals surface area contributed by atoms with Gasteiger partial charge in [0.2, 0.25) is 0 Å². The molecule has 2 aromatic rings. The van der Waals surface area contributed by atoms with E-state index in [4.69, 9.17) is 4.74 Å². The lowest BCUT2D eigenvalue weighted by atomic mass is 10.2. The fraction of sp³-hybridized carbons (Fsp3) is 0.333. The minimum absolute atomic E-state index is 0.106. The van der Waals surface area contributed by atoms with Gasteiger partial charge in [-0.2, -0.15) is 0 Å². The molecule has 0 saturated heterocycles. The zero-order chi connectivity index (χ0) is 17.3. The number of ether oxygens (including phenoxy) is 1. The highest BCUT2D eigenvalue weighted by molar-refractivity contribution is 5.90. The molecule has 6 heteroatoms. The van der Waals surface area contributed by atoms with Crippen molar-refractivity contribution < 1.29 is 9.53 Å². The number of carbonyl (C=O) groups excluding carboxylic acids is 1. The predicted molar refractivity (Wildman–Crippen MR) is 92.4 cm³/mol. The zero-order valence-electron chi connectivity index (χ0n) is 14.1. The highest BCUT2D eigenvalue weighted by Crippen LogP contribution is 2.25. The van der Waals surface area contributed by atoms with E-state index in [2.05, 4.69) is 5.32 Å². The Labute approximate surface area is 140 Å². The number of urea groups is 1. The SMILES string of the molecule is Cc1ccn(C)c(=O)c1NC(=O)N1Cc2ccccc2OC[C@@H]1C. The lowest BCUT2D eigenvalue weighted by Crippen LogP contribution is -2.43. The van der Waals surface area contributed by atoms with E-state index in [1.165, 1.54) is 4.57 Å². The molecule has 3 rings (SSSR count). The number of para-hydroxylation sites is 1. The number of aryl methyl sites for hydroxylation is 2. The van der Waals surface area contributed by atoms with Crippen LogP contribution in [0.2, 0.25) is 0 Å². The summed E-state index contributed by atoms with van der Waals surface area (Å²) in [5, 5.41) is 2.78. The first-order valence-corrected chi connectivity index (χ1v) is 7.92. The Morgan fingerprint density at radius 3 is 2.83 bits per heavy atom. The van der Waals surface area contributed by atoms with E-state index in [0.29, 0.717) is 18.8 Å². The monoisotopic (exact) mass is 327 g/mol. The van der Waals surface area contributed by atoms with Gasteiger partial charge in [-0.1, -0.05) is 18.2 Å². The molecule has 0 unspecified atom stereocenters. The Balaban J connectivity index is 1.87. The van der Waals surface area contributed by atoms with Gasteiger partial charge in [-0.05, 0) is 31.5 Å². The lowest BCUT2D eigenvalue weighted by molar-refractivity contribution is 0.168. The summed E-state index contributed by atoms with van der Waals surface area (Å²) in [5.74, 6) is 0.798. The molecular formula is C18H21N3O3. The predicted octanol–water partition coefficient (Wildman–Crippen LogP) is 2.51. The summed E-state index contributed by atoms with van der Waals surface area (Å²) in [6, 6.07) is 9.09. The highest BCUT2D eigenvalue weighted by Gasteiger charge is 2.26. The maximum absolute atomic E-state index is 12.8. The van der Waals surface area contributed by atoms with Crippen molar-refractivity contribution in [2.45, 2.75) is 26.4 Å². The molecule has 0 fully saturated rings. The number of carbonyl (C=O) groups is 1. The topological polar surface area (TPSA) is 63.6 Å². The van der Waals surface area contributed by atoms with Gasteiger partial charge in [0.1, 0.15) is 18.0 Å². The van der Waals surface area contributed by atoms with Gasteiger partial charge in [0.15, 0.2) is 0 Å². The lowest BCUT2D eigenvalue weighted by Gasteiger charge is -2.26. The number of fused-ring (bicyclic) bond motifs is 1. The molecule has 6 nitrogen and oxygen atoms in total. The van der Waals surface area contributed by atoms with E-state index in [1.54, 1.807) is 31.1 Å². The molecule has 0 aliphatic carbocycles. The number of rotatable bonds is 1. The molecule has 1 aromatic carbocycles. The highest BCUT2D eigenvalue weighted by atomic mass is 16.5. The third kappa shape index (κ3) is 2.99.